The van der Waals surface area contributed by atoms with Crippen molar-refractivity contribution >= 4 is 11.6 Å². The summed E-state index contributed by atoms with van der Waals surface area (Å²) < 4.78 is 19.1. The van der Waals surface area contributed by atoms with E-state index in [0.717, 1.165) is 0 Å². The number of nitrogens with zero attached hydrogens (tertiary/aromatic N) is 5. The third-order valence-corrected chi connectivity index (χ3v) is 4.31. The topological polar surface area (TPSA) is 67.9 Å². The van der Waals surface area contributed by atoms with E-state index < -0.39 is 0 Å². The highest BCUT2D eigenvalue weighted by atomic mass is 35.5. The predicted molar refractivity (Wildman–Crippen MR) is 84.8 cm³/mol. The summed E-state index contributed by atoms with van der Waals surface area (Å²) in [5.41, 5.74) is 0.515. The Labute approximate surface area is 142 Å². The molecule has 0 aliphatic carbocycles. The van der Waals surface area contributed by atoms with Crippen molar-refractivity contribution in [3.05, 3.63) is 59.0 Å². The molecular formula is C16H13ClFN5O. The van der Waals surface area contributed by atoms with Gasteiger partial charge in [0, 0.05) is 42.6 Å². The van der Waals surface area contributed by atoms with E-state index in [4.69, 9.17) is 16.1 Å². The smallest absolute Gasteiger partial charge is 0.240 e. The number of aromatic nitrogens is 4. The average Bonchev–Trinajstić information content (AvgIpc) is 3.03. The summed E-state index contributed by atoms with van der Waals surface area (Å²) in [6, 6.07) is 6.44. The molecule has 1 fully saturated rings. The molecule has 1 aromatic carbocycles. The van der Waals surface area contributed by atoms with Crippen LogP contribution in [0.15, 0.2) is 41.2 Å². The predicted octanol–water partition coefficient (Wildman–Crippen LogP) is 2.92. The van der Waals surface area contributed by atoms with Crippen molar-refractivity contribution in [1.29, 1.82) is 0 Å². The lowest BCUT2D eigenvalue weighted by Crippen LogP contribution is -2.44. The Hall–Kier alpha value is -2.38. The zero-order chi connectivity index (χ0) is 16.5. The zero-order valence-electron chi connectivity index (χ0n) is 12.6. The van der Waals surface area contributed by atoms with Gasteiger partial charge in [-0.05, 0) is 18.2 Å². The van der Waals surface area contributed by atoms with Gasteiger partial charge in [-0.15, -0.1) is 0 Å². The van der Waals surface area contributed by atoms with Crippen LogP contribution >= 0.6 is 11.6 Å². The van der Waals surface area contributed by atoms with Gasteiger partial charge in [0.05, 0.1) is 5.92 Å². The Bertz CT molecular complexity index is 830. The molecule has 1 aliphatic rings. The highest BCUT2D eigenvalue weighted by Crippen LogP contribution is 2.30. The standard InChI is InChI=1S/C16H13ClFN5O/c17-12-3-1-4-13(18)11(12)9-23-7-10(8-23)16-21-15(22-24-16)14-19-5-2-6-20-14/h1-6,10H,7-9H2. The molecule has 6 nitrogen and oxygen atoms in total. The van der Waals surface area contributed by atoms with E-state index in [2.05, 4.69) is 25.0 Å². The van der Waals surface area contributed by atoms with E-state index in [1.165, 1.54) is 6.07 Å². The van der Waals surface area contributed by atoms with Crippen molar-refractivity contribution in [2.24, 2.45) is 0 Å². The van der Waals surface area contributed by atoms with Crippen LogP contribution in [0.2, 0.25) is 5.02 Å². The van der Waals surface area contributed by atoms with Crippen LogP contribution in [0, 0.1) is 5.82 Å². The van der Waals surface area contributed by atoms with Gasteiger partial charge in [0.2, 0.25) is 17.5 Å². The first-order valence-corrected chi connectivity index (χ1v) is 7.85. The maximum Gasteiger partial charge on any atom is 0.240 e. The van der Waals surface area contributed by atoms with E-state index in [1.54, 1.807) is 30.6 Å². The highest BCUT2D eigenvalue weighted by Gasteiger charge is 2.33. The lowest BCUT2D eigenvalue weighted by Gasteiger charge is -2.37. The molecule has 3 heterocycles. The second kappa shape index (κ2) is 6.26. The van der Waals surface area contributed by atoms with E-state index in [-0.39, 0.29) is 11.7 Å². The van der Waals surface area contributed by atoms with Crippen molar-refractivity contribution in [1.82, 2.24) is 25.0 Å². The van der Waals surface area contributed by atoms with Gasteiger partial charge in [-0.3, -0.25) is 4.90 Å². The second-order valence-electron chi connectivity index (χ2n) is 5.62. The summed E-state index contributed by atoms with van der Waals surface area (Å²) in [6.07, 6.45) is 3.25. The first kappa shape index (κ1) is 15.2. The van der Waals surface area contributed by atoms with Gasteiger partial charge in [0.25, 0.3) is 0 Å². The molecule has 0 spiro atoms. The third-order valence-electron chi connectivity index (χ3n) is 3.96. The van der Waals surface area contributed by atoms with E-state index in [9.17, 15) is 4.39 Å². The molecule has 0 amide bonds. The Kier molecular flexibility index (Phi) is 3.95. The van der Waals surface area contributed by atoms with E-state index in [1.807, 2.05) is 0 Å². The van der Waals surface area contributed by atoms with Crippen molar-refractivity contribution in [3.63, 3.8) is 0 Å². The fourth-order valence-corrected chi connectivity index (χ4v) is 2.89. The Balaban J connectivity index is 1.41. The normalized spacial score (nSPS) is 15.4. The van der Waals surface area contributed by atoms with Crippen molar-refractivity contribution < 1.29 is 8.91 Å². The number of hydrogen-bond donors (Lipinski definition) is 0. The lowest BCUT2D eigenvalue weighted by atomic mass is 9.99. The third kappa shape index (κ3) is 2.88. The molecule has 0 unspecified atom stereocenters. The summed E-state index contributed by atoms with van der Waals surface area (Å²) in [5, 5.41) is 4.36. The number of halogens is 2. The van der Waals surface area contributed by atoms with Crippen LogP contribution in [0.3, 0.4) is 0 Å². The molecule has 1 aliphatic heterocycles. The van der Waals surface area contributed by atoms with Crippen LogP contribution in [0.1, 0.15) is 17.4 Å². The molecule has 24 heavy (non-hydrogen) atoms. The monoisotopic (exact) mass is 345 g/mol. The molecule has 0 radical (unpaired) electrons. The van der Waals surface area contributed by atoms with Crippen LogP contribution in [0.25, 0.3) is 11.6 Å². The molecule has 0 N–H and O–H groups in total. The van der Waals surface area contributed by atoms with Crippen LogP contribution in [0.4, 0.5) is 4.39 Å². The first-order valence-electron chi connectivity index (χ1n) is 7.47. The molecule has 8 heteroatoms. The Morgan fingerprint density at radius 3 is 2.71 bits per heavy atom. The van der Waals surface area contributed by atoms with Crippen molar-refractivity contribution in [2.45, 2.75) is 12.5 Å². The second-order valence-corrected chi connectivity index (χ2v) is 6.03. The minimum Gasteiger partial charge on any atom is -0.338 e. The number of likely N-dealkylation sites (tertiary alicyclic amines) is 1. The largest absolute Gasteiger partial charge is 0.338 e. The quantitative estimate of drug-likeness (QED) is 0.724. The minimum absolute atomic E-state index is 0.125. The van der Waals surface area contributed by atoms with Crippen LogP contribution in [0.5, 0.6) is 0 Å². The van der Waals surface area contributed by atoms with Crippen molar-refractivity contribution in [3.8, 4) is 11.6 Å². The number of hydrogen-bond acceptors (Lipinski definition) is 6. The van der Waals surface area contributed by atoms with E-state index in [0.29, 0.717) is 47.8 Å². The molecule has 4 rings (SSSR count). The maximum absolute atomic E-state index is 13.8. The molecule has 3 aromatic rings. The van der Waals surface area contributed by atoms with E-state index >= 15 is 0 Å². The highest BCUT2D eigenvalue weighted by molar-refractivity contribution is 6.31. The minimum atomic E-state index is -0.285. The molecule has 1 saturated heterocycles. The Morgan fingerprint density at radius 2 is 1.96 bits per heavy atom. The lowest BCUT2D eigenvalue weighted by molar-refractivity contribution is 0.116. The molecule has 0 bridgehead atoms. The molecule has 122 valence electrons. The van der Waals surface area contributed by atoms with Gasteiger partial charge >= 0.3 is 0 Å². The van der Waals surface area contributed by atoms with Gasteiger partial charge in [-0.2, -0.15) is 4.98 Å². The molecule has 0 saturated carbocycles. The fourth-order valence-electron chi connectivity index (χ4n) is 2.67. The zero-order valence-corrected chi connectivity index (χ0v) is 13.3. The summed E-state index contributed by atoms with van der Waals surface area (Å²) in [4.78, 5) is 14.6. The van der Waals surface area contributed by atoms with Gasteiger partial charge in [-0.25, -0.2) is 14.4 Å². The van der Waals surface area contributed by atoms with Crippen LogP contribution < -0.4 is 0 Å². The average molecular weight is 346 g/mol. The van der Waals surface area contributed by atoms with Gasteiger partial charge in [-0.1, -0.05) is 22.8 Å². The van der Waals surface area contributed by atoms with Gasteiger partial charge < -0.3 is 4.52 Å². The summed E-state index contributed by atoms with van der Waals surface area (Å²) in [7, 11) is 0. The Morgan fingerprint density at radius 1 is 1.17 bits per heavy atom. The molecule has 0 atom stereocenters. The van der Waals surface area contributed by atoms with Crippen molar-refractivity contribution in [2.75, 3.05) is 13.1 Å². The summed E-state index contributed by atoms with van der Waals surface area (Å²) in [6.45, 7) is 1.88. The molecular weight excluding hydrogens is 333 g/mol. The maximum atomic E-state index is 13.8. The van der Waals surface area contributed by atoms with Crippen LogP contribution in [-0.2, 0) is 6.54 Å². The first-order chi connectivity index (χ1) is 11.7. The SMILES string of the molecule is Fc1cccc(Cl)c1CN1CC(c2nc(-c3ncccn3)no2)C1. The molecule has 2 aromatic heterocycles. The summed E-state index contributed by atoms with van der Waals surface area (Å²) in [5.74, 6) is 1.20. The van der Waals surface area contributed by atoms with Gasteiger partial charge in [0.1, 0.15) is 5.82 Å². The number of benzene rings is 1. The fraction of sp³-hybridized carbons (Fsp3) is 0.250. The van der Waals surface area contributed by atoms with Crippen LogP contribution in [-0.4, -0.2) is 38.1 Å². The summed E-state index contributed by atoms with van der Waals surface area (Å²) >= 11 is 6.06. The number of rotatable bonds is 4. The van der Waals surface area contributed by atoms with Gasteiger partial charge in [0.15, 0.2) is 0 Å².